The van der Waals surface area contributed by atoms with Crippen molar-refractivity contribution in [3.8, 4) is 29.2 Å². The molecular formula is C21H19FN6O3. The van der Waals surface area contributed by atoms with E-state index in [0.717, 1.165) is 11.4 Å². The molecule has 0 spiro atoms. The molecule has 0 amide bonds. The quantitative estimate of drug-likeness (QED) is 0.476. The molecule has 0 bridgehead atoms. The van der Waals surface area contributed by atoms with Crippen LogP contribution in [-0.2, 0) is 0 Å². The zero-order valence-corrected chi connectivity index (χ0v) is 17.0. The van der Waals surface area contributed by atoms with E-state index in [4.69, 9.17) is 14.2 Å². The number of halogens is 1. The van der Waals surface area contributed by atoms with Crippen molar-refractivity contribution in [1.29, 1.82) is 0 Å². The molecule has 158 valence electrons. The van der Waals surface area contributed by atoms with Gasteiger partial charge in [0.1, 0.15) is 17.3 Å². The number of benzene rings is 2. The number of aryl methyl sites for hydroxylation is 1. The summed E-state index contributed by atoms with van der Waals surface area (Å²) >= 11 is 0. The molecule has 4 aromatic rings. The Hall–Kier alpha value is -4.21. The van der Waals surface area contributed by atoms with Crippen LogP contribution in [0.5, 0.6) is 23.5 Å². The molecule has 0 aliphatic heterocycles. The van der Waals surface area contributed by atoms with Crippen LogP contribution in [0.1, 0.15) is 5.69 Å². The van der Waals surface area contributed by atoms with Gasteiger partial charge >= 0.3 is 12.0 Å². The van der Waals surface area contributed by atoms with Gasteiger partial charge < -0.3 is 24.1 Å². The van der Waals surface area contributed by atoms with Gasteiger partial charge in [-0.25, -0.2) is 9.37 Å². The van der Waals surface area contributed by atoms with Crippen molar-refractivity contribution < 1.29 is 18.6 Å². The number of anilines is 2. The molecule has 0 saturated carbocycles. The Labute approximate surface area is 177 Å². The second-order valence-corrected chi connectivity index (χ2v) is 6.42. The summed E-state index contributed by atoms with van der Waals surface area (Å²) < 4.78 is 31.2. The first kappa shape index (κ1) is 20.1. The predicted octanol–water partition coefficient (Wildman–Crippen LogP) is 4.06. The Morgan fingerprint density at radius 3 is 2.39 bits per heavy atom. The zero-order chi connectivity index (χ0) is 21.8. The molecule has 4 rings (SSSR count). The number of nitrogens with zero attached hydrogens (tertiary/aromatic N) is 5. The van der Waals surface area contributed by atoms with Crippen molar-refractivity contribution in [2.24, 2.45) is 0 Å². The first-order valence-corrected chi connectivity index (χ1v) is 9.23. The summed E-state index contributed by atoms with van der Waals surface area (Å²) in [5.41, 5.74) is 2.41. The van der Waals surface area contributed by atoms with Crippen molar-refractivity contribution in [2.45, 2.75) is 6.92 Å². The minimum atomic E-state index is -0.369. The summed E-state index contributed by atoms with van der Waals surface area (Å²) in [5.74, 6) is 0.844. The van der Waals surface area contributed by atoms with Gasteiger partial charge in [-0.2, -0.15) is 9.97 Å². The predicted molar refractivity (Wildman–Crippen MR) is 111 cm³/mol. The van der Waals surface area contributed by atoms with Crippen LogP contribution >= 0.6 is 0 Å². The number of aromatic nitrogens is 5. The van der Waals surface area contributed by atoms with Crippen LogP contribution in [0, 0.1) is 12.7 Å². The molecule has 0 atom stereocenters. The lowest BCUT2D eigenvalue weighted by molar-refractivity contribution is 0.360. The molecule has 0 aliphatic carbocycles. The highest BCUT2D eigenvalue weighted by atomic mass is 19.1. The number of nitrogens with one attached hydrogen (secondary N) is 1. The molecule has 0 saturated heterocycles. The Kier molecular flexibility index (Phi) is 5.61. The first-order chi connectivity index (χ1) is 15.0. The fourth-order valence-corrected chi connectivity index (χ4v) is 2.79. The number of hydrogen-bond donors (Lipinski definition) is 1. The highest BCUT2D eigenvalue weighted by molar-refractivity contribution is 5.62. The van der Waals surface area contributed by atoms with Crippen molar-refractivity contribution in [2.75, 3.05) is 19.5 Å². The Balaban J connectivity index is 1.60. The van der Waals surface area contributed by atoms with Gasteiger partial charge in [-0.3, -0.25) is 0 Å². The van der Waals surface area contributed by atoms with Crippen LogP contribution in [0.25, 0.3) is 5.69 Å². The summed E-state index contributed by atoms with van der Waals surface area (Å²) in [5, 5.41) is 3.09. The van der Waals surface area contributed by atoms with Gasteiger partial charge in [0.25, 0.3) is 0 Å². The van der Waals surface area contributed by atoms with E-state index in [1.54, 1.807) is 19.5 Å². The minimum Gasteiger partial charge on any atom is -0.494 e. The molecule has 0 fully saturated rings. The maximum Gasteiger partial charge on any atom is 0.330 e. The number of ether oxygens (including phenoxy) is 3. The third-order valence-corrected chi connectivity index (χ3v) is 4.23. The van der Waals surface area contributed by atoms with Crippen LogP contribution in [0.15, 0.2) is 55.0 Å². The standard InChI is InChI=1S/C21H19FN6O3/c1-13-11-28(12-23-13)17-9-6-15(10-18(17)29-2)24-19-25-20(30-3)27-21(26-19)31-16-7-4-14(22)5-8-16/h4-12H,1-3H3,(H,24,25,26,27). The summed E-state index contributed by atoms with van der Waals surface area (Å²) in [6.07, 6.45) is 3.62. The molecular weight excluding hydrogens is 403 g/mol. The smallest absolute Gasteiger partial charge is 0.330 e. The maximum absolute atomic E-state index is 13.1. The zero-order valence-electron chi connectivity index (χ0n) is 17.0. The van der Waals surface area contributed by atoms with Crippen molar-refractivity contribution >= 4 is 11.6 Å². The fourth-order valence-electron chi connectivity index (χ4n) is 2.79. The third-order valence-electron chi connectivity index (χ3n) is 4.23. The monoisotopic (exact) mass is 422 g/mol. The second-order valence-electron chi connectivity index (χ2n) is 6.42. The fraction of sp³-hybridized carbons (Fsp3) is 0.143. The average Bonchev–Trinajstić information content (AvgIpc) is 3.21. The molecule has 2 aromatic carbocycles. The van der Waals surface area contributed by atoms with Gasteiger partial charge in [-0.1, -0.05) is 0 Å². The number of imidazole rings is 1. The van der Waals surface area contributed by atoms with Crippen molar-refractivity contribution in [3.05, 3.63) is 66.5 Å². The van der Waals surface area contributed by atoms with Crippen molar-refractivity contribution in [3.63, 3.8) is 0 Å². The van der Waals surface area contributed by atoms with E-state index in [9.17, 15) is 4.39 Å². The summed E-state index contributed by atoms with van der Waals surface area (Å²) in [7, 11) is 3.03. The molecule has 2 aromatic heterocycles. The van der Waals surface area contributed by atoms with Gasteiger partial charge in [-0.15, -0.1) is 4.98 Å². The second kappa shape index (κ2) is 8.66. The van der Waals surface area contributed by atoms with Crippen LogP contribution in [-0.4, -0.2) is 38.7 Å². The van der Waals surface area contributed by atoms with Crippen LogP contribution < -0.4 is 19.5 Å². The van der Waals surface area contributed by atoms with Crippen molar-refractivity contribution in [1.82, 2.24) is 24.5 Å². The number of hydrogen-bond acceptors (Lipinski definition) is 8. The van der Waals surface area contributed by atoms with E-state index in [1.165, 1.54) is 31.4 Å². The molecule has 0 unspecified atom stereocenters. The van der Waals surface area contributed by atoms with E-state index < -0.39 is 0 Å². The van der Waals surface area contributed by atoms with Gasteiger partial charge in [0, 0.05) is 18.0 Å². The molecule has 10 heteroatoms. The van der Waals surface area contributed by atoms with Crippen LogP contribution in [0.4, 0.5) is 16.0 Å². The van der Waals surface area contributed by atoms with E-state index >= 15 is 0 Å². The highest BCUT2D eigenvalue weighted by Gasteiger charge is 2.12. The van der Waals surface area contributed by atoms with Crippen LogP contribution in [0.2, 0.25) is 0 Å². The molecule has 31 heavy (non-hydrogen) atoms. The lowest BCUT2D eigenvalue weighted by Crippen LogP contribution is -2.04. The van der Waals surface area contributed by atoms with E-state index in [-0.39, 0.29) is 23.8 Å². The molecule has 1 N–H and O–H groups in total. The van der Waals surface area contributed by atoms with Gasteiger partial charge in [-0.05, 0) is 43.3 Å². The summed E-state index contributed by atoms with van der Waals surface area (Å²) in [6, 6.07) is 11.1. The van der Waals surface area contributed by atoms with E-state index in [1.807, 2.05) is 29.8 Å². The topological polar surface area (TPSA) is 96.2 Å². The molecule has 2 heterocycles. The lowest BCUT2D eigenvalue weighted by Gasteiger charge is -2.13. The number of rotatable bonds is 7. The molecule has 0 radical (unpaired) electrons. The minimum absolute atomic E-state index is 0.00145. The third kappa shape index (κ3) is 4.69. The Morgan fingerprint density at radius 1 is 0.935 bits per heavy atom. The van der Waals surface area contributed by atoms with Gasteiger partial charge in [0.15, 0.2) is 0 Å². The molecule has 0 aliphatic rings. The average molecular weight is 422 g/mol. The van der Waals surface area contributed by atoms with Crippen LogP contribution in [0.3, 0.4) is 0 Å². The Morgan fingerprint density at radius 2 is 1.71 bits per heavy atom. The van der Waals surface area contributed by atoms with E-state index in [0.29, 0.717) is 17.2 Å². The Bertz CT molecular complexity index is 1200. The largest absolute Gasteiger partial charge is 0.494 e. The normalized spacial score (nSPS) is 10.6. The van der Waals surface area contributed by atoms with Gasteiger partial charge in [0.2, 0.25) is 5.95 Å². The summed E-state index contributed by atoms with van der Waals surface area (Å²) in [4.78, 5) is 16.7. The molecule has 9 nitrogen and oxygen atoms in total. The highest BCUT2D eigenvalue weighted by Crippen LogP contribution is 2.29. The number of methoxy groups -OCH3 is 2. The summed E-state index contributed by atoms with van der Waals surface area (Å²) in [6.45, 7) is 1.92. The van der Waals surface area contributed by atoms with E-state index in [2.05, 4.69) is 25.3 Å². The first-order valence-electron chi connectivity index (χ1n) is 9.23. The SMILES string of the molecule is COc1nc(Nc2ccc(-n3cnc(C)c3)c(OC)c2)nc(Oc2ccc(F)cc2)n1. The van der Waals surface area contributed by atoms with Gasteiger partial charge in [0.05, 0.1) is 31.9 Å². The lowest BCUT2D eigenvalue weighted by atomic mass is 10.2. The maximum atomic E-state index is 13.1.